The highest BCUT2D eigenvalue weighted by molar-refractivity contribution is 7.14. The lowest BCUT2D eigenvalue weighted by Gasteiger charge is -2.23. The number of amides is 1. The minimum atomic E-state index is -0.941. The number of carbonyl (C=O) groups is 2. The fraction of sp³-hybridized carbons (Fsp3) is 0.184. The number of rotatable bonds is 11. The zero-order valence-electron chi connectivity index (χ0n) is 25.0. The Morgan fingerprint density at radius 2 is 1.49 bits per heavy atom. The third kappa shape index (κ3) is 7.56. The monoisotopic (exact) mass is 613 g/mol. The molecule has 6 nitrogen and oxygen atoms in total. The van der Waals surface area contributed by atoms with Crippen molar-refractivity contribution in [1.29, 1.82) is 0 Å². The zero-order valence-corrected chi connectivity index (χ0v) is 25.8. The second-order valence-electron chi connectivity index (χ2n) is 11.2. The van der Waals surface area contributed by atoms with Crippen molar-refractivity contribution >= 4 is 39.6 Å². The minimum Gasteiger partial charge on any atom is -0.481 e. The van der Waals surface area contributed by atoms with E-state index in [1.165, 1.54) is 35.1 Å². The molecule has 45 heavy (non-hydrogen) atoms. The van der Waals surface area contributed by atoms with Crippen LogP contribution in [0.5, 0.6) is 0 Å². The van der Waals surface area contributed by atoms with Crippen LogP contribution in [0.4, 0.5) is 10.8 Å². The summed E-state index contributed by atoms with van der Waals surface area (Å²) in [6.07, 6.45) is 7.03. The molecule has 7 heteroatoms. The van der Waals surface area contributed by atoms with Gasteiger partial charge < -0.3 is 15.3 Å². The molecule has 0 unspecified atom stereocenters. The highest BCUT2D eigenvalue weighted by Crippen LogP contribution is 2.35. The number of aliphatic carboxylic acids is 1. The molecule has 0 radical (unpaired) electrons. The first kappa shape index (κ1) is 30.0. The van der Waals surface area contributed by atoms with Crippen LogP contribution >= 0.6 is 11.3 Å². The average molecular weight is 614 g/mol. The molecule has 1 aliphatic carbocycles. The van der Waals surface area contributed by atoms with E-state index in [1.807, 2.05) is 30.3 Å². The van der Waals surface area contributed by atoms with Crippen molar-refractivity contribution < 1.29 is 14.7 Å². The van der Waals surface area contributed by atoms with Gasteiger partial charge >= 0.3 is 5.97 Å². The van der Waals surface area contributed by atoms with E-state index >= 15 is 0 Å². The number of hydrogen-bond donors (Lipinski definition) is 2. The van der Waals surface area contributed by atoms with Crippen LogP contribution in [0, 0.1) is 0 Å². The normalized spacial score (nSPS) is 12.8. The van der Waals surface area contributed by atoms with Gasteiger partial charge in [0.2, 0.25) is 0 Å². The van der Waals surface area contributed by atoms with E-state index < -0.39 is 5.97 Å². The summed E-state index contributed by atoms with van der Waals surface area (Å²) >= 11 is 1.61. The van der Waals surface area contributed by atoms with Crippen molar-refractivity contribution in [2.45, 2.75) is 38.6 Å². The summed E-state index contributed by atoms with van der Waals surface area (Å²) in [5.41, 5.74) is 9.62. The Hall–Kier alpha value is -5.01. The van der Waals surface area contributed by atoms with Gasteiger partial charge in [0.1, 0.15) is 0 Å². The number of nitrogens with one attached hydrogen (secondary N) is 1. The summed E-state index contributed by atoms with van der Waals surface area (Å²) in [7, 11) is 0. The molecule has 1 aromatic heterocycles. The Bertz CT molecular complexity index is 1780. The number of benzene rings is 4. The maximum atomic E-state index is 12.5. The number of nitrogens with zero attached hydrogens (tertiary/aromatic N) is 2. The highest BCUT2D eigenvalue weighted by Gasteiger charge is 2.17. The van der Waals surface area contributed by atoms with E-state index in [0.717, 1.165) is 40.5 Å². The van der Waals surface area contributed by atoms with Gasteiger partial charge in [-0.3, -0.25) is 9.59 Å². The zero-order chi connectivity index (χ0) is 31.0. The van der Waals surface area contributed by atoms with Crippen LogP contribution in [-0.4, -0.2) is 28.5 Å². The summed E-state index contributed by atoms with van der Waals surface area (Å²) in [4.78, 5) is 30.6. The Morgan fingerprint density at radius 1 is 0.800 bits per heavy atom. The summed E-state index contributed by atoms with van der Waals surface area (Å²) in [6, 6.07) is 35.1. The molecule has 0 saturated heterocycles. The summed E-state index contributed by atoms with van der Waals surface area (Å²) in [5.74, 6) is -1.22. The molecule has 0 spiro atoms. The van der Waals surface area contributed by atoms with Crippen molar-refractivity contribution in [3.05, 3.63) is 131 Å². The molecule has 5 aromatic rings. The molecule has 0 saturated carbocycles. The second-order valence-corrected chi connectivity index (χ2v) is 12.0. The van der Waals surface area contributed by atoms with Gasteiger partial charge in [0.05, 0.1) is 18.7 Å². The number of hydrogen-bond acceptors (Lipinski definition) is 5. The summed E-state index contributed by atoms with van der Waals surface area (Å²) < 4.78 is 0. The Labute approximate surface area is 267 Å². The fourth-order valence-corrected chi connectivity index (χ4v) is 6.39. The quantitative estimate of drug-likeness (QED) is 0.155. The molecule has 2 N–H and O–H groups in total. The van der Waals surface area contributed by atoms with E-state index in [2.05, 4.69) is 82.3 Å². The first-order valence-electron chi connectivity index (χ1n) is 15.3. The van der Waals surface area contributed by atoms with Gasteiger partial charge in [-0.1, -0.05) is 84.9 Å². The van der Waals surface area contributed by atoms with E-state index in [1.54, 1.807) is 23.5 Å². The van der Waals surface area contributed by atoms with Crippen LogP contribution < -0.4 is 10.2 Å². The van der Waals surface area contributed by atoms with Crippen LogP contribution in [0.2, 0.25) is 0 Å². The predicted molar refractivity (Wildman–Crippen MR) is 183 cm³/mol. The van der Waals surface area contributed by atoms with E-state index in [9.17, 15) is 9.59 Å². The maximum absolute atomic E-state index is 12.5. The van der Waals surface area contributed by atoms with Gasteiger partial charge in [-0.05, 0) is 77.8 Å². The predicted octanol–water partition coefficient (Wildman–Crippen LogP) is 8.98. The molecule has 6 rings (SSSR count). The molecular formula is C38H35N3O3S. The van der Waals surface area contributed by atoms with Crippen molar-refractivity contribution in [1.82, 2.24) is 10.3 Å². The molecular weight excluding hydrogens is 579 g/mol. The first-order valence-corrected chi connectivity index (χ1v) is 16.2. The van der Waals surface area contributed by atoms with Gasteiger partial charge in [0.25, 0.3) is 5.91 Å². The lowest BCUT2D eigenvalue weighted by atomic mass is 9.93. The molecule has 226 valence electrons. The number of carboxylic acids is 1. The number of allylic oxidation sites excluding steroid dienone is 2. The summed E-state index contributed by atoms with van der Waals surface area (Å²) in [5, 5.41) is 14.5. The lowest BCUT2D eigenvalue weighted by Crippen LogP contribution is -2.26. The first-order chi connectivity index (χ1) is 22.0. The molecule has 0 fully saturated rings. The lowest BCUT2D eigenvalue weighted by molar-refractivity contribution is -0.136. The summed E-state index contributed by atoms with van der Waals surface area (Å²) in [6.45, 7) is 0.667. The minimum absolute atomic E-state index is 0.0952. The molecule has 0 aliphatic heterocycles. The largest absolute Gasteiger partial charge is 0.481 e. The van der Waals surface area contributed by atoms with E-state index in [-0.39, 0.29) is 18.9 Å². The third-order valence-electron chi connectivity index (χ3n) is 8.03. The number of aromatic nitrogens is 1. The van der Waals surface area contributed by atoms with Crippen molar-refractivity contribution in [3.8, 4) is 22.4 Å². The van der Waals surface area contributed by atoms with Crippen molar-refractivity contribution in [2.24, 2.45) is 0 Å². The number of carboxylic acid groups (broad SMARTS) is 1. The molecule has 1 heterocycles. The third-order valence-corrected chi connectivity index (χ3v) is 8.90. The topological polar surface area (TPSA) is 82.5 Å². The number of thiazole rings is 1. The van der Waals surface area contributed by atoms with Crippen molar-refractivity contribution in [3.63, 3.8) is 0 Å². The van der Waals surface area contributed by atoms with Gasteiger partial charge in [-0.2, -0.15) is 0 Å². The highest BCUT2D eigenvalue weighted by atomic mass is 32.1. The Morgan fingerprint density at radius 3 is 2.18 bits per heavy atom. The molecule has 1 aliphatic rings. The average Bonchev–Trinajstić information content (AvgIpc) is 3.58. The molecule has 1 amide bonds. The van der Waals surface area contributed by atoms with E-state index in [0.29, 0.717) is 12.1 Å². The van der Waals surface area contributed by atoms with Crippen LogP contribution in [0.3, 0.4) is 0 Å². The van der Waals surface area contributed by atoms with Crippen LogP contribution in [-0.2, 0) is 11.3 Å². The van der Waals surface area contributed by atoms with Gasteiger partial charge in [0, 0.05) is 28.7 Å². The van der Waals surface area contributed by atoms with Crippen molar-refractivity contribution in [2.75, 3.05) is 11.4 Å². The molecule has 4 aromatic carbocycles. The maximum Gasteiger partial charge on any atom is 0.305 e. The second kappa shape index (κ2) is 14.2. The standard InChI is InChI=1S/C38H35N3O3S/c42-36(43)23-24-39-37(44)33-13-11-27(12-14-33)25-41(34-21-19-31(20-22-34)29-9-5-2-6-10-29)38-40-35(26-45-38)32-17-15-30(16-18-32)28-7-3-1-4-8-28/h1,3-4,7-9,11-22,26H,2,5-6,10,23-25H2,(H,39,44)(H,42,43). The van der Waals surface area contributed by atoms with Crippen LogP contribution in [0.25, 0.3) is 28.0 Å². The smallest absolute Gasteiger partial charge is 0.305 e. The Kier molecular flexibility index (Phi) is 9.47. The molecule has 0 atom stereocenters. The SMILES string of the molecule is O=C(O)CCNC(=O)c1ccc(CN(c2ccc(C3=CCCCC3)cc2)c2nc(-c3ccc(-c4ccccc4)cc3)cs2)cc1. The van der Waals surface area contributed by atoms with Gasteiger partial charge in [-0.25, -0.2) is 4.98 Å². The fourth-order valence-electron chi connectivity index (χ4n) is 5.54. The van der Waals surface area contributed by atoms with Gasteiger partial charge in [0.15, 0.2) is 5.13 Å². The Balaban J connectivity index is 1.25. The molecule has 0 bridgehead atoms. The van der Waals surface area contributed by atoms with Crippen LogP contribution in [0.1, 0.15) is 53.6 Å². The number of carbonyl (C=O) groups excluding carboxylic acids is 1. The van der Waals surface area contributed by atoms with E-state index in [4.69, 9.17) is 10.1 Å². The van der Waals surface area contributed by atoms with Crippen LogP contribution in [0.15, 0.2) is 115 Å². The number of anilines is 2. The van der Waals surface area contributed by atoms with Gasteiger partial charge in [-0.15, -0.1) is 11.3 Å².